The van der Waals surface area contributed by atoms with Crippen LogP contribution in [0.15, 0.2) is 11.2 Å². The molecule has 3 heterocycles. The van der Waals surface area contributed by atoms with E-state index in [1.807, 2.05) is 17.7 Å². The number of aliphatic imine (C=N–C) groups is 1. The maximum atomic E-state index is 13.0. The quantitative estimate of drug-likeness (QED) is 0.775. The summed E-state index contributed by atoms with van der Waals surface area (Å²) in [5, 5.41) is 0. The summed E-state index contributed by atoms with van der Waals surface area (Å²) in [4.78, 5) is 33.1. The van der Waals surface area contributed by atoms with Crippen molar-refractivity contribution in [3.63, 3.8) is 0 Å². The Morgan fingerprint density at radius 2 is 2.00 bits per heavy atom. The van der Waals surface area contributed by atoms with Gasteiger partial charge < -0.3 is 0 Å². The number of likely N-dealkylation sites (N-methyl/N-ethyl adjacent to an activating group) is 1. The molecule has 0 aromatic carbocycles. The van der Waals surface area contributed by atoms with Crippen molar-refractivity contribution in [1.82, 2.24) is 14.4 Å². The van der Waals surface area contributed by atoms with Crippen molar-refractivity contribution in [2.75, 3.05) is 13.6 Å². The van der Waals surface area contributed by atoms with Crippen LogP contribution >= 0.6 is 0 Å². The van der Waals surface area contributed by atoms with Crippen molar-refractivity contribution in [2.24, 2.45) is 10.9 Å². The van der Waals surface area contributed by atoms with Crippen LogP contribution in [0, 0.1) is 12.8 Å². The maximum Gasteiger partial charge on any atom is 0.401 e. The largest absolute Gasteiger partial charge is 0.401 e. The van der Waals surface area contributed by atoms with Crippen molar-refractivity contribution in [3.8, 4) is 0 Å². The van der Waals surface area contributed by atoms with Gasteiger partial charge in [0.25, 0.3) is 5.91 Å². The molecule has 2 aliphatic heterocycles. The van der Waals surface area contributed by atoms with Gasteiger partial charge in [-0.3, -0.25) is 14.6 Å². The zero-order valence-electron chi connectivity index (χ0n) is 15.1. The van der Waals surface area contributed by atoms with Crippen LogP contribution in [0.1, 0.15) is 45.3 Å². The van der Waals surface area contributed by atoms with Gasteiger partial charge in [0.05, 0.1) is 6.54 Å². The summed E-state index contributed by atoms with van der Waals surface area (Å²) >= 11 is 0. The second-order valence-electron chi connectivity index (χ2n) is 7.02. The predicted molar refractivity (Wildman–Crippen MR) is 90.1 cm³/mol. The molecule has 1 saturated heterocycles. The fourth-order valence-electron chi connectivity index (χ4n) is 3.32. The van der Waals surface area contributed by atoms with E-state index in [0.717, 1.165) is 31.0 Å². The Balaban J connectivity index is 1.99. The number of hydrogen-bond acceptors (Lipinski definition) is 3. The number of aromatic nitrogens is 2. The van der Waals surface area contributed by atoms with Gasteiger partial charge in [-0.2, -0.15) is 0 Å². The molecule has 0 radical (unpaired) electrons. The summed E-state index contributed by atoms with van der Waals surface area (Å²) in [5.41, 5.74) is 1.08. The smallest absolute Gasteiger partial charge is 0.270 e. The van der Waals surface area contributed by atoms with E-state index in [2.05, 4.69) is 30.3 Å². The zero-order chi connectivity index (χ0) is 17.6. The highest BCUT2D eigenvalue weighted by Gasteiger charge is 2.52. The van der Waals surface area contributed by atoms with Gasteiger partial charge in [0, 0.05) is 13.6 Å². The van der Waals surface area contributed by atoms with Gasteiger partial charge >= 0.3 is 12.0 Å². The molecule has 7 heteroatoms. The molecule has 130 valence electrons. The zero-order valence-corrected chi connectivity index (χ0v) is 15.1. The highest BCUT2D eigenvalue weighted by atomic mass is 16.2. The minimum Gasteiger partial charge on any atom is -0.270 e. The lowest BCUT2D eigenvalue weighted by molar-refractivity contribution is -0.677. The monoisotopic (exact) mass is 332 g/mol. The number of carbonyl (C=O) groups is 2. The average molecular weight is 332 g/mol. The molecule has 1 fully saturated rings. The number of urea groups is 1. The van der Waals surface area contributed by atoms with Gasteiger partial charge in [0.15, 0.2) is 0 Å². The Morgan fingerprint density at radius 3 is 2.62 bits per heavy atom. The van der Waals surface area contributed by atoms with Crippen LogP contribution in [0.5, 0.6) is 0 Å². The van der Waals surface area contributed by atoms with Gasteiger partial charge in [-0.15, -0.1) is 0 Å². The van der Waals surface area contributed by atoms with Crippen LogP contribution in [0.2, 0.25) is 0 Å². The van der Waals surface area contributed by atoms with Crippen LogP contribution in [0.3, 0.4) is 0 Å². The van der Waals surface area contributed by atoms with Crippen LogP contribution in [0.25, 0.3) is 0 Å². The van der Waals surface area contributed by atoms with Gasteiger partial charge in [-0.05, 0) is 25.7 Å². The third-order valence-electron chi connectivity index (χ3n) is 4.70. The van der Waals surface area contributed by atoms with E-state index in [0.29, 0.717) is 18.3 Å². The highest BCUT2D eigenvalue weighted by molar-refractivity contribution is 6.19. The first kappa shape index (κ1) is 16.7. The second-order valence-corrected chi connectivity index (χ2v) is 7.02. The molecule has 1 aromatic rings. The number of hydrogen-bond donors (Lipinski definition) is 0. The van der Waals surface area contributed by atoms with Crippen molar-refractivity contribution in [3.05, 3.63) is 11.9 Å². The first-order chi connectivity index (χ1) is 11.4. The molecule has 0 aliphatic carbocycles. The lowest BCUT2D eigenvalue weighted by Crippen LogP contribution is -2.62. The third kappa shape index (κ3) is 2.42. The van der Waals surface area contributed by atoms with Crippen molar-refractivity contribution in [2.45, 2.75) is 53.1 Å². The number of amides is 3. The predicted octanol–water partition coefficient (Wildman–Crippen LogP) is 2.02. The van der Waals surface area contributed by atoms with E-state index in [-0.39, 0.29) is 11.9 Å². The normalized spacial score (nSPS) is 19.9. The molecule has 0 saturated carbocycles. The van der Waals surface area contributed by atoms with Crippen molar-refractivity contribution in [1.29, 1.82) is 0 Å². The molecule has 1 aromatic heterocycles. The van der Waals surface area contributed by atoms with E-state index < -0.39 is 6.04 Å². The summed E-state index contributed by atoms with van der Waals surface area (Å²) in [7, 11) is 1.70. The number of carbonyl (C=O) groups excluding carboxylic acids is 2. The SMILES string of the molecule is CCCn1c(C)c[n+]2c1N=C1C2C(=O)N(CCC(C)C)C(=O)N1C. The first-order valence-corrected chi connectivity index (χ1v) is 8.65. The van der Waals surface area contributed by atoms with E-state index in [4.69, 9.17) is 0 Å². The summed E-state index contributed by atoms with van der Waals surface area (Å²) < 4.78 is 4.02. The van der Waals surface area contributed by atoms with E-state index >= 15 is 0 Å². The molecule has 0 bridgehead atoms. The molecule has 2 aliphatic rings. The van der Waals surface area contributed by atoms with Gasteiger partial charge in [-0.25, -0.2) is 13.9 Å². The minimum atomic E-state index is -0.522. The molecular formula is C17H26N5O2+. The molecule has 1 unspecified atom stereocenters. The maximum absolute atomic E-state index is 13.0. The van der Waals surface area contributed by atoms with Crippen LogP contribution in [-0.4, -0.2) is 45.7 Å². The lowest BCUT2D eigenvalue weighted by atomic mass is 10.1. The van der Waals surface area contributed by atoms with E-state index in [1.54, 1.807) is 7.05 Å². The Bertz CT molecular complexity index is 719. The number of nitrogens with zero attached hydrogens (tertiary/aromatic N) is 5. The van der Waals surface area contributed by atoms with Crippen LogP contribution in [0.4, 0.5) is 10.7 Å². The molecule has 24 heavy (non-hydrogen) atoms. The standard InChI is InChI=1S/C17H26N5O2/c1-6-8-20-12(4)10-22-13-14(18-16(20)22)19(5)17(24)21(15(13)23)9-7-11(2)3/h10-11,13H,6-9H2,1-5H3/q+1. The number of rotatable bonds is 5. The summed E-state index contributed by atoms with van der Waals surface area (Å²) in [5.74, 6) is 1.55. The molecule has 7 nitrogen and oxygen atoms in total. The summed E-state index contributed by atoms with van der Waals surface area (Å²) in [6.07, 6.45) is 3.76. The van der Waals surface area contributed by atoms with Gasteiger partial charge in [0.1, 0.15) is 11.9 Å². The highest BCUT2D eigenvalue weighted by Crippen LogP contribution is 2.29. The fraction of sp³-hybridized carbons (Fsp3) is 0.647. The third-order valence-corrected chi connectivity index (χ3v) is 4.70. The Hall–Kier alpha value is -2.18. The average Bonchev–Trinajstić information content (AvgIpc) is 3.02. The van der Waals surface area contributed by atoms with Crippen molar-refractivity contribution >= 4 is 23.7 Å². The summed E-state index contributed by atoms with van der Waals surface area (Å²) in [6.45, 7) is 9.61. The number of fused-ring (bicyclic) bond motifs is 3. The van der Waals surface area contributed by atoms with Crippen LogP contribution < -0.4 is 4.57 Å². The van der Waals surface area contributed by atoms with Crippen molar-refractivity contribution < 1.29 is 14.2 Å². The Kier molecular flexibility index (Phi) is 4.19. The topological polar surface area (TPSA) is 61.8 Å². The number of aryl methyl sites for hydroxylation is 1. The number of amidine groups is 1. The van der Waals surface area contributed by atoms with Gasteiger partial charge in [-0.1, -0.05) is 25.8 Å². The molecule has 0 spiro atoms. The number of imide groups is 1. The molecule has 0 N–H and O–H groups in total. The second kappa shape index (κ2) is 6.03. The lowest BCUT2D eigenvalue weighted by Gasteiger charge is -2.33. The molecule has 3 rings (SSSR count). The first-order valence-electron chi connectivity index (χ1n) is 8.65. The molecular weight excluding hydrogens is 306 g/mol. The van der Waals surface area contributed by atoms with Crippen LogP contribution in [-0.2, 0) is 11.3 Å². The van der Waals surface area contributed by atoms with E-state index in [9.17, 15) is 9.59 Å². The molecule has 1 atom stereocenters. The summed E-state index contributed by atoms with van der Waals surface area (Å²) in [6, 6.07) is -0.799. The van der Waals surface area contributed by atoms with E-state index in [1.165, 1.54) is 9.80 Å². The minimum absolute atomic E-state index is 0.171. The fourth-order valence-corrected chi connectivity index (χ4v) is 3.32. The van der Waals surface area contributed by atoms with Gasteiger partial charge in [0.2, 0.25) is 11.9 Å². The number of imidazole rings is 1. The molecule has 3 amide bonds. The Morgan fingerprint density at radius 1 is 1.29 bits per heavy atom. The Labute approximate surface area is 142 Å².